The number of rotatable bonds is 5. The fourth-order valence-electron chi connectivity index (χ4n) is 3.37. The topological polar surface area (TPSA) is 12.0 Å². The van der Waals surface area contributed by atoms with Gasteiger partial charge in [0.15, 0.2) is 0 Å². The van der Waals surface area contributed by atoms with Crippen molar-refractivity contribution in [1.29, 1.82) is 0 Å². The maximum Gasteiger partial charge on any atom is 0.0493 e. The number of para-hydroxylation sites is 2. The number of benzene rings is 4. The highest BCUT2D eigenvalue weighted by Gasteiger charge is 2.12. The summed E-state index contributed by atoms with van der Waals surface area (Å²) in [6.45, 7) is 2.15. The largest absolute Gasteiger partial charge is 0.355 e. The first kappa shape index (κ1) is 17.8. The summed E-state index contributed by atoms with van der Waals surface area (Å²) >= 11 is 0. The van der Waals surface area contributed by atoms with E-state index in [2.05, 4.69) is 121 Å². The Morgan fingerprint density at radius 3 is 1.93 bits per heavy atom. The Kier molecular flexibility index (Phi) is 5.35. The van der Waals surface area contributed by atoms with Gasteiger partial charge < -0.3 is 5.32 Å². The monoisotopic (exact) mass is 361 g/mol. The van der Waals surface area contributed by atoms with Crippen LogP contribution in [0.1, 0.15) is 22.3 Å². The second-order valence-electron chi connectivity index (χ2n) is 6.82. The van der Waals surface area contributed by atoms with E-state index >= 15 is 0 Å². The molecule has 0 fully saturated rings. The molecule has 1 nitrogen and oxygen atoms in total. The van der Waals surface area contributed by atoms with E-state index in [1.807, 2.05) is 6.07 Å². The molecule has 0 spiro atoms. The summed E-state index contributed by atoms with van der Waals surface area (Å²) < 4.78 is 0. The normalized spacial score (nSPS) is 11.2. The average Bonchev–Trinajstić information content (AvgIpc) is 2.76. The van der Waals surface area contributed by atoms with E-state index < -0.39 is 0 Å². The lowest BCUT2D eigenvalue weighted by Crippen LogP contribution is -1.99. The second kappa shape index (κ2) is 8.41. The predicted molar refractivity (Wildman–Crippen MR) is 121 cm³/mol. The van der Waals surface area contributed by atoms with Crippen molar-refractivity contribution in [1.82, 2.24) is 0 Å². The molecule has 4 rings (SSSR count). The SMILES string of the molecule is Cc1cccc(C(=Cc2ccccc2)c2ccccc2)c1Nc1ccccc1. The van der Waals surface area contributed by atoms with Crippen molar-refractivity contribution in [2.75, 3.05) is 5.32 Å². The van der Waals surface area contributed by atoms with Crippen molar-refractivity contribution in [3.63, 3.8) is 0 Å². The van der Waals surface area contributed by atoms with Gasteiger partial charge in [0, 0.05) is 16.9 Å². The van der Waals surface area contributed by atoms with Crippen LogP contribution in [-0.2, 0) is 0 Å². The quantitative estimate of drug-likeness (QED) is 0.367. The molecule has 136 valence electrons. The first-order valence-electron chi connectivity index (χ1n) is 9.55. The summed E-state index contributed by atoms with van der Waals surface area (Å²) in [6.07, 6.45) is 2.26. The molecule has 0 aliphatic heterocycles. The van der Waals surface area contributed by atoms with Crippen molar-refractivity contribution in [2.45, 2.75) is 6.92 Å². The molecule has 0 aliphatic carbocycles. The fraction of sp³-hybridized carbons (Fsp3) is 0.0370. The molecule has 0 aliphatic rings. The first-order valence-corrected chi connectivity index (χ1v) is 9.55. The molecule has 0 bridgehead atoms. The number of hydrogen-bond donors (Lipinski definition) is 1. The van der Waals surface area contributed by atoms with E-state index in [1.54, 1.807) is 0 Å². The predicted octanol–water partition coefficient (Wildman–Crippen LogP) is 7.33. The summed E-state index contributed by atoms with van der Waals surface area (Å²) in [5.74, 6) is 0. The molecule has 0 atom stereocenters. The van der Waals surface area contributed by atoms with Gasteiger partial charge >= 0.3 is 0 Å². The smallest absolute Gasteiger partial charge is 0.0493 e. The van der Waals surface area contributed by atoms with Gasteiger partial charge in [0.05, 0.1) is 0 Å². The molecule has 1 heteroatoms. The molecule has 0 aromatic heterocycles. The molecule has 0 saturated heterocycles. The lowest BCUT2D eigenvalue weighted by molar-refractivity contribution is 1.40. The minimum Gasteiger partial charge on any atom is -0.355 e. The standard InChI is InChI=1S/C27H23N/c1-21-12-11-19-25(27(21)28-24-17-9-4-10-18-24)26(23-15-7-3-8-16-23)20-22-13-5-2-6-14-22/h2-20,28H,1H3. The van der Waals surface area contributed by atoms with Crippen LogP contribution in [0.5, 0.6) is 0 Å². The molecule has 28 heavy (non-hydrogen) atoms. The minimum absolute atomic E-state index is 1.09. The van der Waals surface area contributed by atoms with Crippen LogP contribution >= 0.6 is 0 Å². The number of aryl methyl sites for hydroxylation is 1. The van der Waals surface area contributed by atoms with Gasteiger partial charge in [0.1, 0.15) is 0 Å². The Bertz CT molecular complexity index is 1070. The van der Waals surface area contributed by atoms with Crippen LogP contribution in [0.25, 0.3) is 11.6 Å². The maximum atomic E-state index is 3.64. The molecule has 1 N–H and O–H groups in total. The zero-order valence-electron chi connectivity index (χ0n) is 16.0. The molecular formula is C27H23N. The first-order chi connectivity index (χ1) is 13.8. The van der Waals surface area contributed by atoms with E-state index in [0.717, 1.165) is 11.4 Å². The van der Waals surface area contributed by atoms with Crippen molar-refractivity contribution < 1.29 is 0 Å². The Hall–Kier alpha value is -3.58. The molecule has 0 radical (unpaired) electrons. The van der Waals surface area contributed by atoms with Gasteiger partial charge in [-0.15, -0.1) is 0 Å². The van der Waals surface area contributed by atoms with Crippen LogP contribution < -0.4 is 5.32 Å². The van der Waals surface area contributed by atoms with Gasteiger partial charge in [0.2, 0.25) is 0 Å². The van der Waals surface area contributed by atoms with Gasteiger partial charge in [-0.1, -0.05) is 97.1 Å². The molecule has 4 aromatic carbocycles. The molecule has 0 unspecified atom stereocenters. The summed E-state index contributed by atoms with van der Waals surface area (Å²) in [7, 11) is 0. The van der Waals surface area contributed by atoms with Crippen molar-refractivity contribution in [3.05, 3.63) is 131 Å². The Morgan fingerprint density at radius 1 is 0.643 bits per heavy atom. The number of anilines is 2. The molecule has 0 heterocycles. The van der Waals surface area contributed by atoms with E-state index in [1.165, 1.54) is 27.8 Å². The van der Waals surface area contributed by atoms with Crippen LogP contribution in [0.15, 0.2) is 109 Å². The lowest BCUT2D eigenvalue weighted by atomic mass is 9.92. The van der Waals surface area contributed by atoms with Crippen LogP contribution in [0.3, 0.4) is 0 Å². The van der Waals surface area contributed by atoms with Gasteiger partial charge in [-0.05, 0) is 47.4 Å². The summed E-state index contributed by atoms with van der Waals surface area (Å²) in [5, 5.41) is 3.64. The zero-order valence-corrected chi connectivity index (χ0v) is 16.0. The van der Waals surface area contributed by atoms with Gasteiger partial charge in [-0.3, -0.25) is 0 Å². The minimum atomic E-state index is 1.09. The highest BCUT2D eigenvalue weighted by molar-refractivity contribution is 5.96. The second-order valence-corrected chi connectivity index (χ2v) is 6.82. The Balaban J connectivity index is 1.88. The fourth-order valence-corrected chi connectivity index (χ4v) is 3.37. The highest BCUT2D eigenvalue weighted by atomic mass is 14.9. The van der Waals surface area contributed by atoms with Crippen LogP contribution in [0.2, 0.25) is 0 Å². The number of hydrogen-bond acceptors (Lipinski definition) is 1. The third-order valence-electron chi connectivity index (χ3n) is 4.80. The number of nitrogens with one attached hydrogen (secondary N) is 1. The van der Waals surface area contributed by atoms with E-state index in [-0.39, 0.29) is 0 Å². The third-order valence-corrected chi connectivity index (χ3v) is 4.80. The molecular weight excluding hydrogens is 338 g/mol. The summed E-state index contributed by atoms with van der Waals surface area (Å²) in [6, 6.07) is 37.9. The van der Waals surface area contributed by atoms with Gasteiger partial charge in [-0.25, -0.2) is 0 Å². The summed E-state index contributed by atoms with van der Waals surface area (Å²) in [4.78, 5) is 0. The highest BCUT2D eigenvalue weighted by Crippen LogP contribution is 2.35. The van der Waals surface area contributed by atoms with E-state index in [4.69, 9.17) is 0 Å². The lowest BCUT2D eigenvalue weighted by Gasteiger charge is -2.18. The maximum absolute atomic E-state index is 3.64. The summed E-state index contributed by atoms with van der Waals surface area (Å²) in [5.41, 5.74) is 8.23. The Morgan fingerprint density at radius 2 is 1.25 bits per heavy atom. The average molecular weight is 361 g/mol. The zero-order chi connectivity index (χ0) is 19.2. The van der Waals surface area contributed by atoms with Crippen molar-refractivity contribution in [2.24, 2.45) is 0 Å². The van der Waals surface area contributed by atoms with Crippen LogP contribution in [-0.4, -0.2) is 0 Å². The third kappa shape index (κ3) is 4.05. The van der Waals surface area contributed by atoms with Crippen molar-refractivity contribution >= 4 is 23.0 Å². The van der Waals surface area contributed by atoms with E-state index in [9.17, 15) is 0 Å². The molecule has 4 aromatic rings. The molecule has 0 saturated carbocycles. The van der Waals surface area contributed by atoms with Crippen molar-refractivity contribution in [3.8, 4) is 0 Å². The Labute approximate surface area is 167 Å². The van der Waals surface area contributed by atoms with Gasteiger partial charge in [-0.2, -0.15) is 0 Å². The van der Waals surface area contributed by atoms with E-state index in [0.29, 0.717) is 0 Å². The van der Waals surface area contributed by atoms with Crippen LogP contribution in [0, 0.1) is 6.92 Å². The van der Waals surface area contributed by atoms with Crippen LogP contribution in [0.4, 0.5) is 11.4 Å². The van der Waals surface area contributed by atoms with Gasteiger partial charge in [0.25, 0.3) is 0 Å². The molecule has 0 amide bonds.